The number of carbonyl (C=O) groups excluding carboxylic acids is 6. The Morgan fingerprint density at radius 3 is 1.78 bits per heavy atom. The molecule has 0 saturated carbocycles. The van der Waals surface area contributed by atoms with E-state index in [2.05, 4.69) is 26.6 Å². The van der Waals surface area contributed by atoms with Crippen LogP contribution in [0.1, 0.15) is 77.3 Å². The van der Waals surface area contributed by atoms with Gasteiger partial charge < -0.3 is 42.3 Å². The number of nitrogens with two attached hydrogens (primary N) is 1. The molecule has 2 aromatic carbocycles. The second-order valence-corrected chi connectivity index (χ2v) is 14.7. The number of piperidine rings is 1. The number of carboxylic acids is 1. The van der Waals surface area contributed by atoms with Crippen LogP contribution in [0.2, 0.25) is 0 Å². The second kappa shape index (κ2) is 21.5. The molecule has 0 aliphatic carbocycles. The van der Waals surface area contributed by atoms with Gasteiger partial charge in [-0.2, -0.15) is 0 Å². The quantitative estimate of drug-likeness (QED) is 0.0960. The van der Waals surface area contributed by atoms with Crippen LogP contribution in [0.4, 0.5) is 0 Å². The molecule has 0 spiro atoms. The molecule has 4 atom stereocenters. The van der Waals surface area contributed by atoms with Crippen molar-refractivity contribution >= 4 is 41.4 Å². The summed E-state index contributed by atoms with van der Waals surface area (Å²) in [5, 5.41) is 23.6. The Balaban J connectivity index is 1.80. The van der Waals surface area contributed by atoms with Crippen molar-refractivity contribution in [3.63, 3.8) is 0 Å². The molecule has 15 heteroatoms. The van der Waals surface area contributed by atoms with Crippen LogP contribution in [0, 0.1) is 5.92 Å². The fourth-order valence-corrected chi connectivity index (χ4v) is 6.60. The highest BCUT2D eigenvalue weighted by atomic mass is 16.4. The van der Waals surface area contributed by atoms with E-state index in [9.17, 15) is 38.7 Å². The number of aliphatic carboxylic acids is 1. The van der Waals surface area contributed by atoms with E-state index in [1.807, 2.05) is 74.5 Å². The number of carboxylic acid groups (broad SMARTS) is 1. The Labute approximate surface area is 322 Å². The van der Waals surface area contributed by atoms with Crippen LogP contribution >= 0.6 is 0 Å². The molecule has 15 nitrogen and oxygen atoms in total. The summed E-state index contributed by atoms with van der Waals surface area (Å²) in [7, 11) is 0. The number of carbonyl (C=O) groups is 7. The lowest BCUT2D eigenvalue weighted by Crippen LogP contribution is -2.62. The summed E-state index contributed by atoms with van der Waals surface area (Å²) in [6.45, 7) is 6.85. The smallest absolute Gasteiger partial charge is 0.329 e. The fraction of sp³-hybridized carbons (Fsp3) is 0.525. The van der Waals surface area contributed by atoms with Gasteiger partial charge in [0.2, 0.25) is 35.4 Å². The summed E-state index contributed by atoms with van der Waals surface area (Å²) in [6.07, 6.45) is 1.78. The molecule has 8 N–H and O–H groups in total. The van der Waals surface area contributed by atoms with Crippen LogP contribution in [-0.2, 0) is 46.4 Å². The number of nitrogens with one attached hydrogen (secondary N) is 5. The Kier molecular flexibility index (Phi) is 17.3. The summed E-state index contributed by atoms with van der Waals surface area (Å²) in [6, 6.07) is 14.3. The standard InChI is InChI=1S/C40H57N7O8/c1-26(2)23-33(45-37(52)34(25-30-15-9-6-10-16-30)44-35(50)31(41)24-29-13-7-5-8-14-29)36(51)43-32(17-11-12-20-42-27(3)48)38(53)47-21-18-40(19-22-47,39(54)55)46-28(4)49/h5-10,13-16,26,31-34H,11-12,17-25,41H2,1-4H3,(H,42,48)(H,43,51)(H,44,50)(H,45,52)(H,46,49)(H,54,55)/t31-,32-,33-,34-/m1/s1. The van der Waals surface area contributed by atoms with Crippen molar-refractivity contribution in [2.45, 2.75) is 109 Å². The summed E-state index contributed by atoms with van der Waals surface area (Å²) in [5.41, 5.74) is 6.39. The minimum Gasteiger partial charge on any atom is -0.480 e. The van der Waals surface area contributed by atoms with Crippen molar-refractivity contribution in [3.8, 4) is 0 Å². The van der Waals surface area contributed by atoms with Crippen molar-refractivity contribution in [2.75, 3.05) is 19.6 Å². The average molecular weight is 764 g/mol. The lowest BCUT2D eigenvalue weighted by atomic mass is 9.87. The Morgan fingerprint density at radius 2 is 1.25 bits per heavy atom. The van der Waals surface area contributed by atoms with E-state index in [1.165, 1.54) is 18.7 Å². The molecule has 0 unspecified atom stereocenters. The van der Waals surface area contributed by atoms with Crippen molar-refractivity contribution in [3.05, 3.63) is 71.8 Å². The molecule has 1 heterocycles. The van der Waals surface area contributed by atoms with Gasteiger partial charge in [-0.05, 0) is 62.0 Å². The first-order valence-electron chi connectivity index (χ1n) is 18.9. The van der Waals surface area contributed by atoms with Gasteiger partial charge in [0.1, 0.15) is 23.7 Å². The molecule has 0 aromatic heterocycles. The van der Waals surface area contributed by atoms with Gasteiger partial charge in [0.15, 0.2) is 0 Å². The molecule has 1 aliphatic rings. The van der Waals surface area contributed by atoms with Crippen LogP contribution in [-0.4, -0.2) is 101 Å². The zero-order chi connectivity index (χ0) is 40.5. The molecule has 3 rings (SSSR count). The molecular formula is C40H57N7O8. The predicted molar refractivity (Wildman–Crippen MR) is 206 cm³/mol. The number of nitrogens with zero attached hydrogens (tertiary/aromatic N) is 1. The molecule has 55 heavy (non-hydrogen) atoms. The lowest BCUT2D eigenvalue weighted by Gasteiger charge is -2.40. The van der Waals surface area contributed by atoms with E-state index in [-0.39, 0.29) is 63.4 Å². The number of benzene rings is 2. The molecule has 0 radical (unpaired) electrons. The molecule has 6 amide bonds. The minimum atomic E-state index is -1.51. The van der Waals surface area contributed by atoms with Gasteiger partial charge >= 0.3 is 5.97 Å². The minimum absolute atomic E-state index is 0.0214. The normalized spacial score (nSPS) is 15.8. The van der Waals surface area contributed by atoms with Gasteiger partial charge in [-0.1, -0.05) is 74.5 Å². The van der Waals surface area contributed by atoms with Crippen LogP contribution in [0.3, 0.4) is 0 Å². The highest BCUT2D eigenvalue weighted by Crippen LogP contribution is 2.24. The fourth-order valence-electron chi connectivity index (χ4n) is 6.60. The molecule has 1 saturated heterocycles. The summed E-state index contributed by atoms with van der Waals surface area (Å²) in [5.74, 6) is -4.07. The third kappa shape index (κ3) is 14.5. The van der Waals surface area contributed by atoms with E-state index < -0.39 is 65.2 Å². The average Bonchev–Trinajstić information content (AvgIpc) is 3.13. The maximum atomic E-state index is 14.0. The SMILES string of the molecule is CC(=O)NCCCC[C@@H](NC(=O)[C@@H](CC(C)C)NC(=O)[C@@H](Cc1ccccc1)NC(=O)[C@H](N)Cc1ccccc1)C(=O)N1CCC(NC(C)=O)(C(=O)O)CC1. The number of hydrogen-bond acceptors (Lipinski definition) is 8. The van der Waals surface area contributed by atoms with E-state index in [1.54, 1.807) is 0 Å². The molecule has 0 bridgehead atoms. The van der Waals surface area contributed by atoms with Gasteiger partial charge in [0, 0.05) is 39.9 Å². The third-order valence-corrected chi connectivity index (χ3v) is 9.55. The maximum Gasteiger partial charge on any atom is 0.329 e. The first-order valence-corrected chi connectivity index (χ1v) is 18.9. The zero-order valence-electron chi connectivity index (χ0n) is 32.3. The monoisotopic (exact) mass is 763 g/mol. The number of hydrogen-bond donors (Lipinski definition) is 7. The highest BCUT2D eigenvalue weighted by molar-refractivity contribution is 5.95. The molecule has 1 fully saturated rings. The van der Waals surface area contributed by atoms with Crippen molar-refractivity contribution in [2.24, 2.45) is 11.7 Å². The Hall–Kier alpha value is -5.31. The number of unbranched alkanes of at least 4 members (excludes halogenated alkanes) is 1. The Morgan fingerprint density at radius 1 is 0.727 bits per heavy atom. The van der Waals surface area contributed by atoms with Gasteiger partial charge in [-0.3, -0.25) is 28.8 Å². The number of rotatable bonds is 20. The van der Waals surface area contributed by atoms with Crippen LogP contribution < -0.4 is 32.3 Å². The van der Waals surface area contributed by atoms with Crippen LogP contribution in [0.15, 0.2) is 60.7 Å². The first-order chi connectivity index (χ1) is 26.1. The van der Waals surface area contributed by atoms with Gasteiger partial charge in [-0.25, -0.2) is 4.79 Å². The summed E-state index contributed by atoms with van der Waals surface area (Å²) < 4.78 is 0. The largest absolute Gasteiger partial charge is 0.480 e. The van der Waals surface area contributed by atoms with Crippen LogP contribution in [0.5, 0.6) is 0 Å². The van der Waals surface area contributed by atoms with E-state index in [4.69, 9.17) is 5.73 Å². The highest BCUT2D eigenvalue weighted by Gasteiger charge is 2.44. The summed E-state index contributed by atoms with van der Waals surface area (Å²) >= 11 is 0. The molecular weight excluding hydrogens is 706 g/mol. The number of amides is 6. The maximum absolute atomic E-state index is 14.0. The number of likely N-dealkylation sites (tertiary alicyclic amines) is 1. The molecule has 1 aliphatic heterocycles. The predicted octanol–water partition coefficient (Wildman–Crippen LogP) is 1.19. The van der Waals surface area contributed by atoms with Crippen molar-refractivity contribution in [1.29, 1.82) is 0 Å². The first kappa shape index (κ1) is 44.1. The Bertz CT molecular complexity index is 1610. The van der Waals surface area contributed by atoms with E-state index in [0.717, 1.165) is 11.1 Å². The van der Waals surface area contributed by atoms with Gasteiger partial charge in [0.05, 0.1) is 6.04 Å². The zero-order valence-corrected chi connectivity index (χ0v) is 32.3. The topological polar surface area (TPSA) is 229 Å². The van der Waals surface area contributed by atoms with Gasteiger partial charge in [-0.15, -0.1) is 0 Å². The van der Waals surface area contributed by atoms with Crippen LogP contribution in [0.25, 0.3) is 0 Å². The molecule has 300 valence electrons. The summed E-state index contributed by atoms with van der Waals surface area (Å²) in [4.78, 5) is 92.1. The van der Waals surface area contributed by atoms with Crippen molar-refractivity contribution < 1.29 is 38.7 Å². The third-order valence-electron chi connectivity index (χ3n) is 9.55. The van der Waals surface area contributed by atoms with E-state index in [0.29, 0.717) is 19.4 Å². The second-order valence-electron chi connectivity index (χ2n) is 14.7. The van der Waals surface area contributed by atoms with Gasteiger partial charge in [0.25, 0.3) is 0 Å². The lowest BCUT2D eigenvalue weighted by molar-refractivity contribution is -0.152. The van der Waals surface area contributed by atoms with Crippen molar-refractivity contribution in [1.82, 2.24) is 31.5 Å². The van der Waals surface area contributed by atoms with E-state index >= 15 is 0 Å². The molecule has 2 aromatic rings.